The first-order valence-electron chi connectivity index (χ1n) is 9.38. The van der Waals surface area contributed by atoms with Gasteiger partial charge in [-0.25, -0.2) is 0 Å². The van der Waals surface area contributed by atoms with Gasteiger partial charge in [0.2, 0.25) is 0 Å². The van der Waals surface area contributed by atoms with Gasteiger partial charge in [0.15, 0.2) is 17.5 Å². The van der Waals surface area contributed by atoms with E-state index in [2.05, 4.69) is 28.3 Å². The fraction of sp³-hybridized carbons (Fsp3) is 0.650. The van der Waals surface area contributed by atoms with Crippen LogP contribution in [0.25, 0.3) is 0 Å². The van der Waals surface area contributed by atoms with E-state index in [0.717, 1.165) is 62.5 Å². The van der Waals surface area contributed by atoms with E-state index in [1.807, 2.05) is 19.2 Å². The molecule has 1 fully saturated rings. The van der Waals surface area contributed by atoms with Crippen molar-refractivity contribution in [2.45, 2.75) is 25.7 Å². The van der Waals surface area contributed by atoms with Crippen LogP contribution in [0, 0.1) is 5.92 Å². The fourth-order valence-electron chi connectivity index (χ4n) is 2.73. The topological polar surface area (TPSA) is 55.3 Å². The van der Waals surface area contributed by atoms with Gasteiger partial charge in [0.05, 0.1) is 14.2 Å². The molecule has 0 unspecified atom stereocenters. The molecule has 7 heteroatoms. The van der Waals surface area contributed by atoms with Crippen LogP contribution in [0.2, 0.25) is 0 Å². The molecule has 1 aliphatic carbocycles. The van der Waals surface area contributed by atoms with Crippen molar-refractivity contribution in [2.24, 2.45) is 10.9 Å². The third-order valence-electron chi connectivity index (χ3n) is 4.56. The van der Waals surface area contributed by atoms with Gasteiger partial charge in [-0.05, 0) is 49.3 Å². The number of halogens is 1. The molecule has 1 aromatic rings. The first-order valence-corrected chi connectivity index (χ1v) is 9.38. The summed E-state index contributed by atoms with van der Waals surface area (Å²) in [6.45, 7) is 3.49. The van der Waals surface area contributed by atoms with E-state index in [9.17, 15) is 0 Å². The van der Waals surface area contributed by atoms with Crippen LogP contribution in [-0.2, 0) is 11.2 Å². The minimum Gasteiger partial charge on any atom is -0.493 e. The summed E-state index contributed by atoms with van der Waals surface area (Å²) in [7, 11) is 7.18. The van der Waals surface area contributed by atoms with Crippen molar-refractivity contribution in [1.82, 2.24) is 10.2 Å². The van der Waals surface area contributed by atoms with Crippen LogP contribution in [0.5, 0.6) is 11.5 Å². The van der Waals surface area contributed by atoms with Gasteiger partial charge in [-0.3, -0.25) is 4.99 Å². The highest BCUT2D eigenvalue weighted by molar-refractivity contribution is 14.0. The molecular formula is C20H34IN3O3. The van der Waals surface area contributed by atoms with E-state index in [-0.39, 0.29) is 24.0 Å². The van der Waals surface area contributed by atoms with Gasteiger partial charge in [0.1, 0.15) is 0 Å². The molecular weight excluding hydrogens is 457 g/mol. The Morgan fingerprint density at radius 2 is 1.96 bits per heavy atom. The molecule has 0 radical (unpaired) electrons. The SMILES string of the molecule is CN=C(NCCCOCC1CC1)N(C)CCc1ccc(OC)c(OC)c1.I. The molecule has 0 amide bonds. The third-order valence-corrected chi connectivity index (χ3v) is 4.56. The van der Waals surface area contributed by atoms with Crippen LogP contribution < -0.4 is 14.8 Å². The fourth-order valence-corrected chi connectivity index (χ4v) is 2.73. The van der Waals surface area contributed by atoms with Crippen molar-refractivity contribution in [2.75, 3.05) is 54.6 Å². The molecule has 1 aromatic carbocycles. The number of guanidine groups is 1. The maximum atomic E-state index is 5.66. The molecule has 0 saturated heterocycles. The van der Waals surface area contributed by atoms with E-state index in [1.54, 1.807) is 14.2 Å². The van der Waals surface area contributed by atoms with Crippen molar-refractivity contribution in [3.63, 3.8) is 0 Å². The Morgan fingerprint density at radius 1 is 1.22 bits per heavy atom. The molecule has 0 spiro atoms. The Bertz CT molecular complexity index is 580. The van der Waals surface area contributed by atoms with Gasteiger partial charge in [-0.1, -0.05) is 6.07 Å². The highest BCUT2D eigenvalue weighted by Gasteiger charge is 2.20. The van der Waals surface area contributed by atoms with Gasteiger partial charge < -0.3 is 24.4 Å². The zero-order valence-corrected chi connectivity index (χ0v) is 19.3. The van der Waals surface area contributed by atoms with E-state index < -0.39 is 0 Å². The van der Waals surface area contributed by atoms with Crippen LogP contribution >= 0.6 is 24.0 Å². The predicted molar refractivity (Wildman–Crippen MR) is 121 cm³/mol. The molecule has 6 nitrogen and oxygen atoms in total. The Balaban J connectivity index is 0.00000364. The molecule has 0 aromatic heterocycles. The summed E-state index contributed by atoms with van der Waals surface area (Å²) < 4.78 is 16.3. The zero-order valence-electron chi connectivity index (χ0n) is 17.0. The smallest absolute Gasteiger partial charge is 0.193 e. The maximum absolute atomic E-state index is 5.66. The number of hydrogen-bond donors (Lipinski definition) is 1. The number of ether oxygens (including phenoxy) is 3. The Hall–Kier alpha value is -1.22. The molecule has 1 N–H and O–H groups in total. The second-order valence-corrected chi connectivity index (χ2v) is 6.71. The number of nitrogens with zero attached hydrogens (tertiary/aromatic N) is 2. The second-order valence-electron chi connectivity index (χ2n) is 6.71. The minimum absolute atomic E-state index is 0. The Morgan fingerprint density at radius 3 is 2.59 bits per heavy atom. The number of likely N-dealkylation sites (N-methyl/N-ethyl adjacent to an activating group) is 1. The molecule has 0 heterocycles. The largest absolute Gasteiger partial charge is 0.493 e. The number of benzene rings is 1. The molecule has 1 saturated carbocycles. The molecule has 0 atom stereocenters. The monoisotopic (exact) mass is 491 g/mol. The molecule has 2 rings (SSSR count). The lowest BCUT2D eigenvalue weighted by molar-refractivity contribution is 0.122. The van der Waals surface area contributed by atoms with Crippen LogP contribution in [-0.4, -0.2) is 65.5 Å². The van der Waals surface area contributed by atoms with E-state index in [4.69, 9.17) is 14.2 Å². The van der Waals surface area contributed by atoms with Gasteiger partial charge in [-0.2, -0.15) is 0 Å². The Labute approximate surface area is 180 Å². The van der Waals surface area contributed by atoms with Crippen LogP contribution in [0.3, 0.4) is 0 Å². The standard InChI is InChI=1S/C20H33N3O3.HI/c1-21-20(22-11-5-13-26-15-17-6-7-17)23(2)12-10-16-8-9-18(24-3)19(14-16)25-4;/h8-9,14,17H,5-7,10-13,15H2,1-4H3,(H,21,22);1H. The summed E-state index contributed by atoms with van der Waals surface area (Å²) in [5.74, 6) is 3.26. The number of hydrogen-bond acceptors (Lipinski definition) is 4. The van der Waals surface area contributed by atoms with Crippen molar-refractivity contribution in [3.05, 3.63) is 23.8 Å². The van der Waals surface area contributed by atoms with Crippen molar-refractivity contribution < 1.29 is 14.2 Å². The van der Waals surface area contributed by atoms with Gasteiger partial charge in [0.25, 0.3) is 0 Å². The highest BCUT2D eigenvalue weighted by Crippen LogP contribution is 2.29. The lowest BCUT2D eigenvalue weighted by Crippen LogP contribution is -2.40. The maximum Gasteiger partial charge on any atom is 0.193 e. The third kappa shape index (κ3) is 8.55. The number of nitrogens with one attached hydrogen (secondary N) is 1. The lowest BCUT2D eigenvalue weighted by atomic mass is 10.1. The molecule has 0 bridgehead atoms. The van der Waals surface area contributed by atoms with Crippen molar-refractivity contribution in [3.8, 4) is 11.5 Å². The number of rotatable bonds is 11. The zero-order chi connectivity index (χ0) is 18.8. The van der Waals surface area contributed by atoms with Crippen LogP contribution in [0.1, 0.15) is 24.8 Å². The molecule has 27 heavy (non-hydrogen) atoms. The van der Waals surface area contributed by atoms with Crippen molar-refractivity contribution in [1.29, 1.82) is 0 Å². The molecule has 154 valence electrons. The Kier molecular flexibility index (Phi) is 11.5. The van der Waals surface area contributed by atoms with Crippen LogP contribution in [0.4, 0.5) is 0 Å². The summed E-state index contributed by atoms with van der Waals surface area (Å²) in [5, 5.41) is 3.40. The lowest BCUT2D eigenvalue weighted by Gasteiger charge is -2.22. The first kappa shape index (κ1) is 23.8. The van der Waals surface area contributed by atoms with E-state index >= 15 is 0 Å². The van der Waals surface area contributed by atoms with Crippen LogP contribution in [0.15, 0.2) is 23.2 Å². The first-order chi connectivity index (χ1) is 12.7. The van der Waals surface area contributed by atoms with Gasteiger partial charge >= 0.3 is 0 Å². The molecule has 0 aliphatic heterocycles. The second kappa shape index (κ2) is 13.0. The summed E-state index contributed by atoms with van der Waals surface area (Å²) in [6, 6.07) is 6.05. The average Bonchev–Trinajstić information content (AvgIpc) is 3.49. The minimum atomic E-state index is 0. The number of aliphatic imine (C=N–C) groups is 1. The average molecular weight is 491 g/mol. The van der Waals surface area contributed by atoms with E-state index in [0.29, 0.717) is 0 Å². The summed E-state index contributed by atoms with van der Waals surface area (Å²) >= 11 is 0. The quantitative estimate of drug-likeness (QED) is 0.223. The predicted octanol–water partition coefficient (Wildman–Crippen LogP) is 3.19. The van der Waals surface area contributed by atoms with Crippen molar-refractivity contribution >= 4 is 29.9 Å². The normalized spacial score (nSPS) is 13.7. The van der Waals surface area contributed by atoms with Gasteiger partial charge in [-0.15, -0.1) is 24.0 Å². The summed E-state index contributed by atoms with van der Waals surface area (Å²) in [6.07, 6.45) is 4.59. The van der Waals surface area contributed by atoms with E-state index in [1.165, 1.54) is 18.4 Å². The summed E-state index contributed by atoms with van der Waals surface area (Å²) in [4.78, 5) is 6.50. The number of methoxy groups -OCH3 is 2. The summed E-state index contributed by atoms with van der Waals surface area (Å²) in [5.41, 5.74) is 1.21. The van der Waals surface area contributed by atoms with Gasteiger partial charge in [0, 0.05) is 40.4 Å². The highest BCUT2D eigenvalue weighted by atomic mass is 127. The molecule has 1 aliphatic rings.